The molecule has 0 fully saturated rings. The molecule has 1 aromatic carbocycles. The summed E-state index contributed by atoms with van der Waals surface area (Å²) >= 11 is 5.69. The molecular weight excluding hydrogens is 276 g/mol. The molecule has 0 aliphatic rings. The Morgan fingerprint density at radius 3 is 2.39 bits per heavy atom. The Morgan fingerprint density at radius 2 is 1.89 bits per heavy atom. The van der Waals surface area contributed by atoms with E-state index in [0.29, 0.717) is 17.1 Å². The van der Waals surface area contributed by atoms with Crippen molar-refractivity contribution < 1.29 is 13.2 Å². The number of urea groups is 1. The van der Waals surface area contributed by atoms with Gasteiger partial charge in [-0.05, 0) is 37.6 Å². The minimum Gasteiger partial charge on any atom is -0.307 e. The Balaban J connectivity index is 2.65. The molecule has 0 radical (unpaired) electrons. The fraction of sp³-hybridized carbons (Fsp3) is 0.364. The monoisotopic (exact) mass is 290 g/mol. The van der Waals surface area contributed by atoms with Gasteiger partial charge in [0.15, 0.2) is 0 Å². The number of sulfonamides is 1. The Kier molecular flexibility index (Phi) is 4.98. The lowest BCUT2D eigenvalue weighted by Crippen LogP contribution is -2.39. The van der Waals surface area contributed by atoms with E-state index in [1.807, 2.05) is 4.72 Å². The van der Waals surface area contributed by atoms with Gasteiger partial charge in [-0.1, -0.05) is 18.5 Å². The lowest BCUT2D eigenvalue weighted by molar-refractivity contribution is 0.256. The number of hydrogen-bond acceptors (Lipinski definition) is 3. The second kappa shape index (κ2) is 6.06. The van der Waals surface area contributed by atoms with Crippen LogP contribution >= 0.6 is 11.6 Å². The number of benzene rings is 1. The number of nitrogens with one attached hydrogen (secondary N) is 2. The van der Waals surface area contributed by atoms with Crippen LogP contribution in [0, 0.1) is 0 Å². The second-order valence-electron chi connectivity index (χ2n) is 3.83. The van der Waals surface area contributed by atoms with E-state index < -0.39 is 21.3 Å². The summed E-state index contributed by atoms with van der Waals surface area (Å²) in [6.07, 6.45) is 0.434. The average Bonchev–Trinajstić information content (AvgIpc) is 2.30. The van der Waals surface area contributed by atoms with Gasteiger partial charge in [0.05, 0.1) is 5.25 Å². The first-order valence-corrected chi connectivity index (χ1v) is 7.35. The van der Waals surface area contributed by atoms with Crippen molar-refractivity contribution in [3.8, 4) is 0 Å². The molecule has 1 aromatic rings. The van der Waals surface area contributed by atoms with Gasteiger partial charge in [-0.15, -0.1) is 0 Å². The quantitative estimate of drug-likeness (QED) is 0.895. The van der Waals surface area contributed by atoms with E-state index >= 15 is 0 Å². The first-order valence-electron chi connectivity index (χ1n) is 5.43. The fourth-order valence-electron chi connectivity index (χ4n) is 1.14. The summed E-state index contributed by atoms with van der Waals surface area (Å²) in [5.74, 6) is 0. The summed E-state index contributed by atoms with van der Waals surface area (Å²) < 4.78 is 25.2. The maximum atomic E-state index is 11.6. The molecule has 0 heterocycles. The van der Waals surface area contributed by atoms with Crippen LogP contribution in [0.4, 0.5) is 10.5 Å². The Bertz CT molecular complexity index is 514. The summed E-state index contributed by atoms with van der Waals surface area (Å²) in [4.78, 5) is 11.5. The van der Waals surface area contributed by atoms with Crippen molar-refractivity contribution in [1.29, 1.82) is 0 Å². The van der Waals surface area contributed by atoms with Gasteiger partial charge in [-0.2, -0.15) is 0 Å². The van der Waals surface area contributed by atoms with E-state index in [2.05, 4.69) is 5.32 Å². The number of amides is 2. The van der Waals surface area contributed by atoms with E-state index in [0.717, 1.165) is 0 Å². The van der Waals surface area contributed by atoms with Gasteiger partial charge in [0.2, 0.25) is 10.0 Å². The van der Waals surface area contributed by atoms with E-state index in [9.17, 15) is 13.2 Å². The van der Waals surface area contributed by atoms with Crippen LogP contribution in [0.15, 0.2) is 24.3 Å². The smallest absolute Gasteiger partial charge is 0.307 e. The highest BCUT2D eigenvalue weighted by atomic mass is 35.5. The fourth-order valence-corrected chi connectivity index (χ4v) is 2.21. The highest BCUT2D eigenvalue weighted by Crippen LogP contribution is 2.13. The third kappa shape index (κ3) is 4.19. The van der Waals surface area contributed by atoms with Crippen molar-refractivity contribution in [1.82, 2.24) is 4.72 Å². The second-order valence-corrected chi connectivity index (χ2v) is 6.36. The van der Waals surface area contributed by atoms with Gasteiger partial charge in [0, 0.05) is 10.7 Å². The van der Waals surface area contributed by atoms with Gasteiger partial charge in [0.25, 0.3) is 0 Å². The van der Waals surface area contributed by atoms with E-state index in [1.54, 1.807) is 31.2 Å². The van der Waals surface area contributed by atoms with Gasteiger partial charge in [-0.25, -0.2) is 17.9 Å². The highest BCUT2D eigenvalue weighted by molar-refractivity contribution is 7.90. The largest absolute Gasteiger partial charge is 0.332 e. The van der Waals surface area contributed by atoms with Crippen LogP contribution in [0.3, 0.4) is 0 Å². The summed E-state index contributed by atoms with van der Waals surface area (Å²) in [7, 11) is -3.63. The van der Waals surface area contributed by atoms with E-state index in [-0.39, 0.29) is 0 Å². The topological polar surface area (TPSA) is 75.3 Å². The van der Waals surface area contributed by atoms with Crippen molar-refractivity contribution >= 4 is 33.3 Å². The molecular formula is C11H15ClN2O3S. The van der Waals surface area contributed by atoms with E-state index in [1.165, 1.54) is 6.92 Å². The molecule has 1 unspecified atom stereocenters. The molecule has 0 aromatic heterocycles. The lowest BCUT2D eigenvalue weighted by Gasteiger charge is -2.12. The molecule has 18 heavy (non-hydrogen) atoms. The number of carbonyl (C=O) groups excluding carboxylic acids is 1. The molecule has 0 saturated carbocycles. The van der Waals surface area contributed by atoms with Crippen LogP contribution < -0.4 is 10.0 Å². The van der Waals surface area contributed by atoms with Gasteiger partial charge in [0.1, 0.15) is 0 Å². The summed E-state index contributed by atoms with van der Waals surface area (Å²) in [6.45, 7) is 3.28. The normalized spacial score (nSPS) is 12.8. The maximum absolute atomic E-state index is 11.6. The minimum absolute atomic E-state index is 0.434. The van der Waals surface area contributed by atoms with Crippen molar-refractivity contribution in [3.05, 3.63) is 29.3 Å². The summed E-state index contributed by atoms with van der Waals surface area (Å²) in [5.41, 5.74) is 0.469. The van der Waals surface area contributed by atoms with Gasteiger partial charge >= 0.3 is 6.03 Å². The molecule has 100 valence electrons. The molecule has 0 aliphatic carbocycles. The van der Waals surface area contributed by atoms with Crippen LogP contribution in [-0.4, -0.2) is 19.7 Å². The summed E-state index contributed by atoms with van der Waals surface area (Å²) in [6, 6.07) is 5.58. The molecule has 0 bridgehead atoms. The minimum atomic E-state index is -3.63. The molecule has 2 N–H and O–H groups in total. The number of hydrogen-bond donors (Lipinski definition) is 2. The third-order valence-corrected chi connectivity index (χ3v) is 4.56. The molecule has 1 atom stereocenters. The molecule has 2 amide bonds. The zero-order chi connectivity index (χ0) is 13.8. The number of anilines is 1. The zero-order valence-corrected chi connectivity index (χ0v) is 11.7. The summed E-state index contributed by atoms with van der Waals surface area (Å²) in [5, 5.41) is 2.33. The van der Waals surface area contributed by atoms with Crippen molar-refractivity contribution in [3.63, 3.8) is 0 Å². The Morgan fingerprint density at radius 1 is 1.33 bits per heavy atom. The molecule has 7 heteroatoms. The molecule has 0 spiro atoms. The standard InChI is InChI=1S/C11H15ClN2O3S/c1-3-8(2)18(16,17)14-11(15)13-10-6-4-9(12)5-7-10/h4-8H,3H2,1-2H3,(H2,13,14,15). The predicted molar refractivity (Wildman–Crippen MR) is 72.3 cm³/mol. The van der Waals surface area contributed by atoms with Crippen LogP contribution in [0.5, 0.6) is 0 Å². The SMILES string of the molecule is CCC(C)S(=O)(=O)NC(=O)Nc1ccc(Cl)cc1. The van der Waals surface area contributed by atoms with Crippen molar-refractivity contribution in [2.75, 3.05) is 5.32 Å². The van der Waals surface area contributed by atoms with Crippen LogP contribution in [0.25, 0.3) is 0 Å². The predicted octanol–water partition coefficient (Wildman–Crippen LogP) is 2.59. The van der Waals surface area contributed by atoms with E-state index in [4.69, 9.17) is 11.6 Å². The highest BCUT2D eigenvalue weighted by Gasteiger charge is 2.21. The average molecular weight is 291 g/mol. The molecule has 5 nitrogen and oxygen atoms in total. The number of rotatable bonds is 4. The van der Waals surface area contributed by atoms with Crippen LogP contribution in [0.1, 0.15) is 20.3 Å². The van der Waals surface area contributed by atoms with Gasteiger partial charge in [-0.3, -0.25) is 0 Å². The first kappa shape index (κ1) is 14.8. The third-order valence-electron chi connectivity index (χ3n) is 2.44. The van der Waals surface area contributed by atoms with Crippen LogP contribution in [-0.2, 0) is 10.0 Å². The lowest BCUT2D eigenvalue weighted by atomic mass is 10.3. The number of halogens is 1. The molecule has 0 aliphatic heterocycles. The Labute approximate surface area is 112 Å². The maximum Gasteiger partial charge on any atom is 0.332 e. The van der Waals surface area contributed by atoms with Crippen LogP contribution in [0.2, 0.25) is 5.02 Å². The Hall–Kier alpha value is -1.27. The van der Waals surface area contributed by atoms with Crippen molar-refractivity contribution in [2.45, 2.75) is 25.5 Å². The first-order chi connectivity index (χ1) is 8.35. The molecule has 1 rings (SSSR count). The number of carbonyl (C=O) groups is 1. The molecule has 0 saturated heterocycles. The van der Waals surface area contributed by atoms with Crippen molar-refractivity contribution in [2.24, 2.45) is 0 Å². The zero-order valence-electron chi connectivity index (χ0n) is 10.1. The van der Waals surface area contributed by atoms with Gasteiger partial charge < -0.3 is 5.32 Å².